The van der Waals surface area contributed by atoms with Crippen molar-refractivity contribution in [2.75, 3.05) is 9.80 Å². The molecule has 218 valence electrons. The Morgan fingerprint density at radius 3 is 1.39 bits per heavy atom. The zero-order valence-electron chi connectivity index (χ0n) is 24.0. The summed E-state index contributed by atoms with van der Waals surface area (Å²) in [4.78, 5) is 51.8. The molecule has 0 saturated carbocycles. The van der Waals surface area contributed by atoms with Crippen molar-refractivity contribution in [3.8, 4) is 95.2 Å². The van der Waals surface area contributed by atoms with Crippen molar-refractivity contribution in [1.82, 2.24) is 0 Å². The van der Waals surface area contributed by atoms with Crippen molar-refractivity contribution in [3.63, 3.8) is 0 Å². The van der Waals surface area contributed by atoms with Crippen molar-refractivity contribution in [2.45, 2.75) is 29.6 Å². The van der Waals surface area contributed by atoms with E-state index < -0.39 is 33.5 Å². The van der Waals surface area contributed by atoms with Gasteiger partial charge in [0.2, 0.25) is 33.5 Å². The van der Waals surface area contributed by atoms with Crippen LogP contribution in [0.5, 0.6) is 0 Å². The number of carbonyl (C=O) groups is 4. The van der Waals surface area contributed by atoms with Crippen LogP contribution in [0.15, 0.2) is 58.3 Å². The first-order chi connectivity index (χ1) is 22.1. The van der Waals surface area contributed by atoms with Crippen LogP contribution in [0.2, 0.25) is 0 Å². The largest absolute Gasteiger partial charge is 0.274 e. The molecular weight excluding hydrogens is 600 g/mol. The van der Waals surface area contributed by atoms with Gasteiger partial charge in [-0.15, -0.1) is 6.42 Å². The quantitative estimate of drug-likeness (QED) is 0.383. The van der Waals surface area contributed by atoms with E-state index in [2.05, 4.69) is 88.8 Å². The molecule has 2 fully saturated rings. The zero-order valence-corrected chi connectivity index (χ0v) is 24.8. The van der Waals surface area contributed by atoms with E-state index in [0.29, 0.717) is 5.69 Å². The van der Waals surface area contributed by atoms with E-state index in [1.54, 1.807) is 6.92 Å². The highest BCUT2D eigenvalue weighted by Gasteiger charge is 2.39. The van der Waals surface area contributed by atoms with Crippen LogP contribution < -0.4 is 9.80 Å². The topological polar surface area (TPSA) is 109 Å². The van der Waals surface area contributed by atoms with Gasteiger partial charge in [-0.1, -0.05) is 12.8 Å². The van der Waals surface area contributed by atoms with Crippen LogP contribution >= 0.6 is 0 Å². The van der Waals surface area contributed by atoms with Gasteiger partial charge in [-0.3, -0.25) is 24.1 Å². The second-order valence-electron chi connectivity index (χ2n) is 9.40. The molecule has 2 saturated heterocycles. The van der Waals surface area contributed by atoms with Gasteiger partial charge < -0.3 is 0 Å². The Hall–Kier alpha value is -6.85. The summed E-state index contributed by atoms with van der Waals surface area (Å²) in [5.41, 5.74) is 0.484. The highest BCUT2D eigenvalue weighted by molar-refractivity contribution is 7.91. The minimum Gasteiger partial charge on any atom is -0.274 e. The van der Waals surface area contributed by atoms with Crippen molar-refractivity contribution >= 4 is 44.8 Å². The van der Waals surface area contributed by atoms with E-state index in [1.807, 2.05) is 0 Å². The Morgan fingerprint density at radius 1 is 0.587 bits per heavy atom. The van der Waals surface area contributed by atoms with E-state index in [4.69, 9.17) is 6.42 Å². The minimum absolute atomic E-state index is 0.0558. The third-order valence-electron chi connectivity index (χ3n) is 6.40. The van der Waals surface area contributed by atoms with E-state index in [-0.39, 0.29) is 40.1 Å². The van der Waals surface area contributed by atoms with Crippen LogP contribution in [0.25, 0.3) is 0 Å². The Labute approximate surface area is 266 Å². The molecule has 9 heteroatoms. The SMILES string of the molecule is C#CC#CC#CC#CC#CC#CC#CC#CC1CC(=O)N(c2ccc(S(=O)(=O)c3ccc(N4C(=O)CC(C)C4=O)cc3)cc2)C1=O. The number of rotatable bonds is 4. The minimum atomic E-state index is -3.98. The maximum atomic E-state index is 13.2. The van der Waals surface area contributed by atoms with Gasteiger partial charge >= 0.3 is 0 Å². The third-order valence-corrected chi connectivity index (χ3v) is 8.18. The molecule has 0 bridgehead atoms. The molecule has 2 aromatic carbocycles. The highest BCUT2D eigenvalue weighted by Crippen LogP contribution is 2.31. The van der Waals surface area contributed by atoms with Crippen LogP contribution in [-0.4, -0.2) is 32.0 Å². The molecule has 2 heterocycles. The molecule has 4 amide bonds. The van der Waals surface area contributed by atoms with Crippen molar-refractivity contribution in [2.24, 2.45) is 11.8 Å². The second-order valence-corrected chi connectivity index (χ2v) is 11.4. The lowest BCUT2D eigenvalue weighted by atomic mass is 10.1. The number of hydrogen-bond donors (Lipinski definition) is 0. The molecule has 0 radical (unpaired) electrons. The molecule has 2 unspecified atom stereocenters. The van der Waals surface area contributed by atoms with Crippen molar-refractivity contribution in [1.29, 1.82) is 0 Å². The summed E-state index contributed by atoms with van der Waals surface area (Å²) >= 11 is 0. The number of amides is 4. The summed E-state index contributed by atoms with van der Waals surface area (Å²) in [6.45, 7) is 1.66. The lowest BCUT2D eigenvalue weighted by molar-refractivity contribution is -0.123. The predicted octanol–water partition coefficient (Wildman–Crippen LogP) is 1.96. The summed E-state index contributed by atoms with van der Waals surface area (Å²) in [5.74, 6) is 33.4. The van der Waals surface area contributed by atoms with Gasteiger partial charge in [-0.05, 0) is 131 Å². The molecule has 2 aliphatic heterocycles. The molecule has 0 spiro atoms. The van der Waals surface area contributed by atoms with Gasteiger partial charge in [0.1, 0.15) is 5.92 Å². The number of nitrogens with zero attached hydrogens (tertiary/aromatic N) is 2. The van der Waals surface area contributed by atoms with Crippen LogP contribution in [0.1, 0.15) is 19.8 Å². The highest BCUT2D eigenvalue weighted by atomic mass is 32.2. The fraction of sp³-hybridized carbons (Fsp3) is 0.135. The summed E-state index contributed by atoms with van der Waals surface area (Å²) in [5, 5.41) is 0. The summed E-state index contributed by atoms with van der Waals surface area (Å²) < 4.78 is 26.4. The maximum absolute atomic E-state index is 13.2. The molecule has 46 heavy (non-hydrogen) atoms. The van der Waals surface area contributed by atoms with Crippen LogP contribution in [-0.2, 0) is 29.0 Å². The molecular formula is C37H18N2O6S. The first-order valence-corrected chi connectivity index (χ1v) is 14.8. The number of benzene rings is 2. The van der Waals surface area contributed by atoms with Gasteiger partial charge in [0.15, 0.2) is 0 Å². The van der Waals surface area contributed by atoms with E-state index in [1.165, 1.54) is 48.5 Å². The predicted molar refractivity (Wildman–Crippen MR) is 168 cm³/mol. The average molecular weight is 619 g/mol. The maximum Gasteiger partial charge on any atom is 0.249 e. The standard InChI is InChI=1S/C37H18N2O6S/c1-3-4-5-6-7-8-9-10-11-12-13-14-15-16-17-29-27-35(41)39(37(29)43)31-20-24-33(25-21-31)46(44,45)32-22-18-30(19-23-32)38-34(40)26-28(2)36(38)42/h1,18-25,28-29H,26-27H2,2H3. The normalized spacial score (nSPS) is 16.1. The monoisotopic (exact) mass is 618 g/mol. The van der Waals surface area contributed by atoms with Crippen molar-refractivity contribution < 1.29 is 27.6 Å². The third kappa shape index (κ3) is 7.37. The number of imide groups is 2. The lowest BCUT2D eigenvalue weighted by Crippen LogP contribution is -2.30. The number of hydrogen-bond acceptors (Lipinski definition) is 6. The molecule has 0 N–H and O–H groups in total. The molecule has 8 nitrogen and oxygen atoms in total. The zero-order chi connectivity index (χ0) is 33.1. The fourth-order valence-corrected chi connectivity index (χ4v) is 5.52. The molecule has 0 aromatic heterocycles. The first kappa shape index (κ1) is 32.1. The molecule has 2 atom stereocenters. The van der Waals surface area contributed by atoms with Crippen LogP contribution in [0.4, 0.5) is 11.4 Å². The number of anilines is 2. The summed E-state index contributed by atoms with van der Waals surface area (Å²) in [6, 6.07) is 10.7. The molecule has 4 rings (SSSR count). The summed E-state index contributed by atoms with van der Waals surface area (Å²) in [7, 11) is -3.98. The Balaban J connectivity index is 1.39. The molecule has 2 aliphatic rings. The second kappa shape index (κ2) is 14.6. The van der Waals surface area contributed by atoms with E-state index in [9.17, 15) is 27.6 Å². The van der Waals surface area contributed by atoms with Crippen molar-refractivity contribution in [3.05, 3.63) is 48.5 Å². The number of sulfone groups is 1. The first-order valence-electron chi connectivity index (χ1n) is 13.3. The summed E-state index contributed by atoms with van der Waals surface area (Å²) in [6.07, 6.45) is 4.89. The van der Waals surface area contributed by atoms with E-state index in [0.717, 1.165) is 9.80 Å². The van der Waals surface area contributed by atoms with Gasteiger partial charge in [0.05, 0.1) is 27.6 Å². The van der Waals surface area contributed by atoms with Gasteiger partial charge in [0, 0.05) is 12.3 Å². The smallest absolute Gasteiger partial charge is 0.249 e. The Bertz CT molecular complexity index is 2270. The Morgan fingerprint density at radius 2 is 0.978 bits per heavy atom. The fourth-order valence-electron chi connectivity index (χ4n) is 4.26. The van der Waals surface area contributed by atoms with E-state index >= 15 is 0 Å². The number of carbonyl (C=O) groups excluding carboxylic acids is 4. The number of terminal acetylenes is 1. The van der Waals surface area contributed by atoms with Gasteiger partial charge in [-0.25, -0.2) is 13.3 Å². The van der Waals surface area contributed by atoms with Crippen LogP contribution in [0.3, 0.4) is 0 Å². The van der Waals surface area contributed by atoms with Gasteiger partial charge in [-0.2, -0.15) is 0 Å². The Kier molecular flexibility index (Phi) is 10.1. The average Bonchev–Trinajstić information content (AvgIpc) is 3.47. The molecule has 2 aromatic rings. The van der Waals surface area contributed by atoms with Crippen LogP contribution in [0, 0.1) is 107 Å². The lowest BCUT2D eigenvalue weighted by Gasteiger charge is -2.16. The molecule has 0 aliphatic carbocycles. The van der Waals surface area contributed by atoms with Gasteiger partial charge in [0.25, 0.3) is 0 Å².